The molecule has 1 fully saturated rings. The predicted molar refractivity (Wildman–Crippen MR) is 71.5 cm³/mol. The van der Waals surface area contributed by atoms with Gasteiger partial charge in [-0.3, -0.25) is 4.98 Å². The van der Waals surface area contributed by atoms with Crippen LogP contribution >= 0.6 is 0 Å². The van der Waals surface area contributed by atoms with Crippen LogP contribution in [0.15, 0.2) is 22.9 Å². The average Bonchev–Trinajstić information content (AvgIpc) is 2.98. The summed E-state index contributed by atoms with van der Waals surface area (Å²) >= 11 is 0. The molecular formula is C14H15F3N4O. The highest BCUT2D eigenvalue weighted by Gasteiger charge is 2.35. The molecule has 2 heterocycles. The summed E-state index contributed by atoms with van der Waals surface area (Å²) in [5.74, 6) is 0.475. The van der Waals surface area contributed by atoms with Crippen molar-refractivity contribution in [1.29, 1.82) is 0 Å². The number of halogens is 3. The highest BCUT2D eigenvalue weighted by atomic mass is 19.4. The van der Waals surface area contributed by atoms with Gasteiger partial charge in [0.1, 0.15) is 5.69 Å². The normalized spacial score (nSPS) is 18.4. The Labute approximate surface area is 124 Å². The van der Waals surface area contributed by atoms with E-state index in [-0.39, 0.29) is 11.6 Å². The van der Waals surface area contributed by atoms with Crippen LogP contribution in [0.1, 0.15) is 43.5 Å². The van der Waals surface area contributed by atoms with Gasteiger partial charge in [0.25, 0.3) is 5.89 Å². The first kappa shape index (κ1) is 15.0. The third-order valence-electron chi connectivity index (χ3n) is 3.93. The highest BCUT2D eigenvalue weighted by Crippen LogP contribution is 2.34. The fraction of sp³-hybridized carbons (Fsp3) is 0.500. The molecule has 3 rings (SSSR count). The molecule has 2 N–H and O–H groups in total. The van der Waals surface area contributed by atoms with Crippen LogP contribution in [0.5, 0.6) is 0 Å². The monoisotopic (exact) mass is 312 g/mol. The lowest BCUT2D eigenvalue weighted by Crippen LogP contribution is -2.39. The number of hydrogen-bond donors (Lipinski definition) is 1. The minimum atomic E-state index is -4.42. The summed E-state index contributed by atoms with van der Waals surface area (Å²) in [4.78, 5) is 7.96. The number of rotatable bonds is 2. The minimum Gasteiger partial charge on any atom is -0.332 e. The van der Waals surface area contributed by atoms with Gasteiger partial charge in [0.15, 0.2) is 5.82 Å². The highest BCUT2D eigenvalue weighted by molar-refractivity contribution is 5.46. The van der Waals surface area contributed by atoms with Crippen molar-refractivity contribution in [3.63, 3.8) is 0 Å². The van der Waals surface area contributed by atoms with Crippen molar-refractivity contribution in [3.05, 3.63) is 29.7 Å². The van der Waals surface area contributed by atoms with Gasteiger partial charge in [-0.25, -0.2) is 0 Å². The van der Waals surface area contributed by atoms with Crippen LogP contribution < -0.4 is 5.73 Å². The number of aromatic nitrogens is 3. The zero-order valence-electron chi connectivity index (χ0n) is 11.7. The van der Waals surface area contributed by atoms with E-state index in [9.17, 15) is 13.2 Å². The summed E-state index contributed by atoms with van der Waals surface area (Å²) < 4.78 is 42.6. The average molecular weight is 312 g/mol. The zero-order chi connectivity index (χ0) is 15.8. The molecule has 0 amide bonds. The molecule has 0 bridgehead atoms. The third kappa shape index (κ3) is 2.83. The fourth-order valence-electron chi connectivity index (χ4n) is 2.62. The first-order chi connectivity index (χ1) is 10.4. The maximum atomic E-state index is 12.5. The second-order valence-electron chi connectivity index (χ2n) is 5.57. The number of hydrogen-bond acceptors (Lipinski definition) is 5. The first-order valence-electron chi connectivity index (χ1n) is 7.05. The number of alkyl halides is 3. The van der Waals surface area contributed by atoms with Gasteiger partial charge < -0.3 is 10.3 Å². The predicted octanol–water partition coefficient (Wildman–Crippen LogP) is 3.27. The summed E-state index contributed by atoms with van der Waals surface area (Å²) in [5.41, 5.74) is 5.06. The van der Waals surface area contributed by atoms with E-state index < -0.39 is 17.3 Å². The van der Waals surface area contributed by atoms with E-state index in [1.54, 1.807) is 0 Å². The van der Waals surface area contributed by atoms with Gasteiger partial charge in [0.2, 0.25) is 0 Å². The first-order valence-corrected chi connectivity index (χ1v) is 7.05. The quantitative estimate of drug-likeness (QED) is 0.921. The largest absolute Gasteiger partial charge is 0.417 e. The van der Waals surface area contributed by atoms with Gasteiger partial charge in [0, 0.05) is 6.20 Å². The molecule has 118 valence electrons. The van der Waals surface area contributed by atoms with Crippen LogP contribution in [0.2, 0.25) is 0 Å². The van der Waals surface area contributed by atoms with Crippen molar-refractivity contribution in [3.8, 4) is 11.6 Å². The summed E-state index contributed by atoms with van der Waals surface area (Å²) in [6.07, 6.45) is 0.994. The third-order valence-corrected chi connectivity index (χ3v) is 3.93. The molecule has 0 spiro atoms. The van der Waals surface area contributed by atoms with E-state index in [0.29, 0.717) is 5.82 Å². The summed E-state index contributed by atoms with van der Waals surface area (Å²) in [6, 6.07) is 2.15. The van der Waals surface area contributed by atoms with Crippen LogP contribution in [0.4, 0.5) is 13.2 Å². The van der Waals surface area contributed by atoms with Crippen LogP contribution in [-0.2, 0) is 11.7 Å². The Hall–Kier alpha value is -1.96. The van der Waals surface area contributed by atoms with Crippen LogP contribution in [0.3, 0.4) is 0 Å². The number of nitrogens with two attached hydrogens (primary N) is 1. The van der Waals surface area contributed by atoms with Crippen LogP contribution in [0.25, 0.3) is 11.6 Å². The molecule has 2 aromatic heterocycles. The van der Waals surface area contributed by atoms with Crippen molar-refractivity contribution in [2.24, 2.45) is 5.73 Å². The van der Waals surface area contributed by atoms with Gasteiger partial charge in [-0.2, -0.15) is 18.2 Å². The summed E-state index contributed by atoms with van der Waals surface area (Å²) in [7, 11) is 0. The van der Waals surface area contributed by atoms with Crippen molar-refractivity contribution in [1.82, 2.24) is 15.1 Å². The second-order valence-corrected chi connectivity index (χ2v) is 5.57. The van der Waals surface area contributed by atoms with E-state index in [2.05, 4.69) is 15.1 Å². The van der Waals surface area contributed by atoms with Crippen molar-refractivity contribution in [2.75, 3.05) is 0 Å². The Morgan fingerprint density at radius 1 is 1.14 bits per heavy atom. The number of nitrogens with zero attached hydrogens (tertiary/aromatic N) is 3. The van der Waals surface area contributed by atoms with E-state index in [1.165, 1.54) is 6.07 Å². The minimum absolute atomic E-state index is 0.0825. The summed E-state index contributed by atoms with van der Waals surface area (Å²) in [5, 5.41) is 3.89. The number of pyridine rings is 1. The molecule has 5 nitrogen and oxygen atoms in total. The van der Waals surface area contributed by atoms with Crippen molar-refractivity contribution in [2.45, 2.75) is 43.8 Å². The molecule has 22 heavy (non-hydrogen) atoms. The van der Waals surface area contributed by atoms with Gasteiger partial charge in [-0.05, 0) is 25.0 Å². The maximum absolute atomic E-state index is 12.5. The molecular weight excluding hydrogens is 297 g/mol. The van der Waals surface area contributed by atoms with E-state index in [4.69, 9.17) is 10.3 Å². The molecule has 0 aromatic carbocycles. The Bertz CT molecular complexity index is 645. The molecule has 1 saturated carbocycles. The fourth-order valence-corrected chi connectivity index (χ4v) is 2.62. The Morgan fingerprint density at radius 2 is 1.86 bits per heavy atom. The maximum Gasteiger partial charge on any atom is 0.417 e. The lowest BCUT2D eigenvalue weighted by atomic mass is 9.82. The molecule has 0 saturated heterocycles. The topological polar surface area (TPSA) is 77.8 Å². The van der Waals surface area contributed by atoms with E-state index >= 15 is 0 Å². The van der Waals surface area contributed by atoms with Crippen molar-refractivity contribution < 1.29 is 17.7 Å². The molecule has 1 aliphatic carbocycles. The Morgan fingerprint density at radius 3 is 2.45 bits per heavy atom. The molecule has 8 heteroatoms. The molecule has 0 aliphatic heterocycles. The van der Waals surface area contributed by atoms with Gasteiger partial charge in [0.05, 0.1) is 11.1 Å². The molecule has 0 radical (unpaired) electrons. The molecule has 2 aromatic rings. The lowest BCUT2D eigenvalue weighted by Gasteiger charge is -2.29. The van der Waals surface area contributed by atoms with Crippen LogP contribution in [0, 0.1) is 0 Å². The van der Waals surface area contributed by atoms with Crippen molar-refractivity contribution >= 4 is 0 Å². The SMILES string of the molecule is NC1(c2noc(-c3ccc(C(F)(F)F)cn3)n2)CCCCC1. The lowest BCUT2D eigenvalue weighted by molar-refractivity contribution is -0.137. The standard InChI is InChI=1S/C14H15F3N4O/c15-14(16,17)9-4-5-10(19-8-9)11-20-12(21-22-11)13(18)6-2-1-3-7-13/h4-5,8H,1-3,6-7,18H2. The zero-order valence-corrected chi connectivity index (χ0v) is 11.7. The second kappa shape index (κ2) is 5.35. The van der Waals surface area contributed by atoms with Gasteiger partial charge >= 0.3 is 6.18 Å². The van der Waals surface area contributed by atoms with Gasteiger partial charge in [-0.15, -0.1) is 0 Å². The molecule has 0 atom stereocenters. The van der Waals surface area contributed by atoms with E-state index in [1.807, 2.05) is 0 Å². The Kier molecular flexibility index (Phi) is 3.64. The summed E-state index contributed by atoms with van der Waals surface area (Å²) in [6.45, 7) is 0. The molecule has 1 aliphatic rings. The smallest absolute Gasteiger partial charge is 0.332 e. The van der Waals surface area contributed by atoms with Crippen LogP contribution in [-0.4, -0.2) is 15.1 Å². The van der Waals surface area contributed by atoms with Gasteiger partial charge in [-0.1, -0.05) is 24.4 Å². The Balaban J connectivity index is 1.84. The van der Waals surface area contributed by atoms with E-state index in [0.717, 1.165) is 44.4 Å². The molecule has 0 unspecified atom stereocenters.